The van der Waals surface area contributed by atoms with Crippen LogP contribution in [0.1, 0.15) is 26.2 Å². The molecule has 3 amide bonds. The fraction of sp³-hybridized carbons (Fsp3) is 0.467. The van der Waals surface area contributed by atoms with Crippen molar-refractivity contribution in [3.8, 4) is 0 Å². The number of sulfone groups is 1. The van der Waals surface area contributed by atoms with Crippen molar-refractivity contribution in [3.63, 3.8) is 0 Å². The summed E-state index contributed by atoms with van der Waals surface area (Å²) in [4.78, 5) is 24.8. The average Bonchev–Trinajstić information content (AvgIpc) is 2.75. The maximum atomic E-state index is 12.8. The molecule has 1 heterocycles. The van der Waals surface area contributed by atoms with Crippen LogP contribution in [0.15, 0.2) is 29.2 Å². The molecule has 0 saturated carbocycles. The van der Waals surface area contributed by atoms with Crippen LogP contribution in [0.4, 0.5) is 9.18 Å². The van der Waals surface area contributed by atoms with Crippen LogP contribution in [0, 0.1) is 5.82 Å². The van der Waals surface area contributed by atoms with Crippen LogP contribution >= 0.6 is 0 Å². The van der Waals surface area contributed by atoms with Crippen LogP contribution in [0.2, 0.25) is 0 Å². The standard InChI is InChI=1S/C15H19FN2O4S/c1-2-4-13-14(19)18(15(20)17-13)9-3-10-23(21,22)12-7-5-11(16)6-8-12/h5-8,13H,2-4,9-10H2,1H3,(H,17,20)/t13-/m0/s1. The number of halogens is 1. The maximum absolute atomic E-state index is 12.8. The van der Waals surface area contributed by atoms with Crippen LogP contribution in [0.25, 0.3) is 0 Å². The molecule has 0 aromatic heterocycles. The van der Waals surface area contributed by atoms with Crippen LogP contribution in [-0.4, -0.2) is 43.6 Å². The van der Waals surface area contributed by atoms with Gasteiger partial charge in [0.15, 0.2) is 9.84 Å². The Bertz CT molecular complexity index is 688. The minimum Gasteiger partial charge on any atom is -0.326 e. The van der Waals surface area contributed by atoms with E-state index in [2.05, 4.69) is 5.32 Å². The number of amides is 3. The molecular weight excluding hydrogens is 323 g/mol. The molecule has 0 unspecified atom stereocenters. The number of hydrogen-bond acceptors (Lipinski definition) is 4. The smallest absolute Gasteiger partial charge is 0.324 e. The van der Waals surface area contributed by atoms with Crippen molar-refractivity contribution in [1.29, 1.82) is 0 Å². The zero-order chi connectivity index (χ0) is 17.0. The summed E-state index contributed by atoms with van der Waals surface area (Å²) in [5.41, 5.74) is 0. The van der Waals surface area contributed by atoms with Gasteiger partial charge in [0.2, 0.25) is 0 Å². The molecule has 1 aromatic carbocycles. The summed E-state index contributed by atoms with van der Waals surface area (Å²) in [5.74, 6) is -1.03. The van der Waals surface area contributed by atoms with Gasteiger partial charge in [0.1, 0.15) is 11.9 Å². The van der Waals surface area contributed by atoms with E-state index < -0.39 is 27.7 Å². The third-order valence-electron chi connectivity index (χ3n) is 3.65. The van der Waals surface area contributed by atoms with Crippen molar-refractivity contribution in [1.82, 2.24) is 10.2 Å². The Balaban J connectivity index is 1.93. The molecule has 0 bridgehead atoms. The Kier molecular flexibility index (Phi) is 5.35. The van der Waals surface area contributed by atoms with E-state index in [1.54, 1.807) is 0 Å². The van der Waals surface area contributed by atoms with Gasteiger partial charge in [0.25, 0.3) is 5.91 Å². The number of hydrogen-bond donors (Lipinski definition) is 1. The minimum atomic E-state index is -3.56. The summed E-state index contributed by atoms with van der Waals surface area (Å²) in [7, 11) is -3.56. The van der Waals surface area contributed by atoms with Gasteiger partial charge in [-0.3, -0.25) is 9.69 Å². The molecule has 1 aliphatic heterocycles. The number of carbonyl (C=O) groups is 2. The summed E-state index contributed by atoms with van der Waals surface area (Å²) in [6.07, 6.45) is 1.47. The summed E-state index contributed by atoms with van der Waals surface area (Å²) >= 11 is 0. The zero-order valence-corrected chi connectivity index (χ0v) is 13.6. The zero-order valence-electron chi connectivity index (χ0n) is 12.8. The lowest BCUT2D eigenvalue weighted by Crippen LogP contribution is -2.33. The molecule has 1 saturated heterocycles. The summed E-state index contributed by atoms with van der Waals surface area (Å²) in [6.45, 7) is 1.96. The van der Waals surface area contributed by atoms with E-state index in [4.69, 9.17) is 0 Å². The first-order valence-corrected chi connectivity index (χ1v) is 9.10. The second-order valence-electron chi connectivity index (χ2n) is 5.41. The Hall–Kier alpha value is -1.96. The van der Waals surface area contributed by atoms with E-state index in [9.17, 15) is 22.4 Å². The molecule has 1 aliphatic rings. The molecule has 0 aliphatic carbocycles. The maximum Gasteiger partial charge on any atom is 0.324 e. The topological polar surface area (TPSA) is 83.6 Å². The van der Waals surface area contributed by atoms with Gasteiger partial charge in [-0.15, -0.1) is 0 Å². The molecule has 6 nitrogen and oxygen atoms in total. The molecule has 126 valence electrons. The van der Waals surface area contributed by atoms with Crippen molar-refractivity contribution < 1.29 is 22.4 Å². The Morgan fingerprint density at radius 3 is 2.48 bits per heavy atom. The van der Waals surface area contributed by atoms with Crippen molar-refractivity contribution in [2.75, 3.05) is 12.3 Å². The van der Waals surface area contributed by atoms with Gasteiger partial charge in [-0.05, 0) is 37.1 Å². The molecule has 2 rings (SSSR count). The van der Waals surface area contributed by atoms with Gasteiger partial charge in [-0.2, -0.15) is 0 Å². The number of rotatable bonds is 7. The predicted octanol–water partition coefficient (Wildman–Crippen LogP) is 1.71. The van der Waals surface area contributed by atoms with E-state index in [-0.39, 0.29) is 29.5 Å². The third kappa shape index (κ3) is 4.07. The van der Waals surface area contributed by atoms with Crippen LogP contribution in [0.3, 0.4) is 0 Å². The largest absolute Gasteiger partial charge is 0.326 e. The van der Waals surface area contributed by atoms with Crippen molar-refractivity contribution in [2.24, 2.45) is 0 Å². The van der Waals surface area contributed by atoms with Gasteiger partial charge in [-0.25, -0.2) is 17.6 Å². The van der Waals surface area contributed by atoms with Gasteiger partial charge >= 0.3 is 6.03 Å². The molecule has 1 aromatic rings. The van der Waals surface area contributed by atoms with Gasteiger partial charge in [-0.1, -0.05) is 13.3 Å². The molecule has 0 spiro atoms. The Morgan fingerprint density at radius 2 is 1.87 bits per heavy atom. The van der Waals surface area contributed by atoms with E-state index in [1.807, 2.05) is 6.92 Å². The molecular formula is C15H19FN2O4S. The second kappa shape index (κ2) is 7.08. The quantitative estimate of drug-likeness (QED) is 0.604. The summed E-state index contributed by atoms with van der Waals surface area (Å²) < 4.78 is 37.1. The highest BCUT2D eigenvalue weighted by atomic mass is 32.2. The molecule has 0 radical (unpaired) electrons. The minimum absolute atomic E-state index is 0.0277. The molecule has 1 fully saturated rings. The highest BCUT2D eigenvalue weighted by Gasteiger charge is 2.36. The molecule has 1 atom stereocenters. The monoisotopic (exact) mass is 342 g/mol. The van der Waals surface area contributed by atoms with Crippen LogP contribution in [0.5, 0.6) is 0 Å². The Morgan fingerprint density at radius 1 is 1.22 bits per heavy atom. The molecule has 1 N–H and O–H groups in total. The van der Waals surface area contributed by atoms with Gasteiger partial charge in [0.05, 0.1) is 10.6 Å². The van der Waals surface area contributed by atoms with E-state index in [1.165, 1.54) is 12.1 Å². The Labute approximate surface area is 134 Å². The first kappa shape index (κ1) is 17.4. The fourth-order valence-corrected chi connectivity index (χ4v) is 3.74. The normalized spacial score (nSPS) is 18.3. The van der Waals surface area contributed by atoms with Crippen LogP contribution < -0.4 is 5.32 Å². The number of nitrogens with one attached hydrogen (secondary N) is 1. The lowest BCUT2D eigenvalue weighted by atomic mass is 10.2. The lowest BCUT2D eigenvalue weighted by molar-refractivity contribution is -0.127. The number of nitrogens with zero attached hydrogens (tertiary/aromatic N) is 1. The highest BCUT2D eigenvalue weighted by Crippen LogP contribution is 2.15. The van der Waals surface area contributed by atoms with Gasteiger partial charge < -0.3 is 5.32 Å². The van der Waals surface area contributed by atoms with Crippen molar-refractivity contribution >= 4 is 21.8 Å². The van der Waals surface area contributed by atoms with Gasteiger partial charge in [0, 0.05) is 6.54 Å². The number of urea groups is 1. The molecule has 8 heteroatoms. The number of carbonyl (C=O) groups excluding carboxylic acids is 2. The molecule has 23 heavy (non-hydrogen) atoms. The van der Waals surface area contributed by atoms with E-state index in [0.717, 1.165) is 23.5 Å². The number of benzene rings is 1. The third-order valence-corrected chi connectivity index (χ3v) is 5.47. The van der Waals surface area contributed by atoms with Crippen LogP contribution in [-0.2, 0) is 14.6 Å². The van der Waals surface area contributed by atoms with Crippen molar-refractivity contribution in [2.45, 2.75) is 37.1 Å². The fourth-order valence-electron chi connectivity index (χ4n) is 2.45. The first-order chi connectivity index (χ1) is 10.8. The predicted molar refractivity (Wildman–Crippen MR) is 82.0 cm³/mol. The van der Waals surface area contributed by atoms with E-state index >= 15 is 0 Å². The van der Waals surface area contributed by atoms with Crippen molar-refractivity contribution in [3.05, 3.63) is 30.1 Å². The number of imide groups is 1. The second-order valence-corrected chi connectivity index (χ2v) is 7.52. The summed E-state index contributed by atoms with van der Waals surface area (Å²) in [5, 5.41) is 2.59. The lowest BCUT2D eigenvalue weighted by Gasteiger charge is -2.13. The van der Waals surface area contributed by atoms with E-state index in [0.29, 0.717) is 6.42 Å². The average molecular weight is 342 g/mol. The SMILES string of the molecule is CCC[C@@H]1NC(=O)N(CCCS(=O)(=O)c2ccc(F)cc2)C1=O. The first-order valence-electron chi connectivity index (χ1n) is 7.45. The highest BCUT2D eigenvalue weighted by molar-refractivity contribution is 7.91. The summed E-state index contributed by atoms with van der Waals surface area (Å²) in [6, 6.07) is 3.58.